The second kappa shape index (κ2) is 7.10. The number of carbonyl (C=O) groups is 2. The third kappa shape index (κ3) is 3.50. The van der Waals surface area contributed by atoms with Crippen molar-refractivity contribution in [2.45, 2.75) is 62.4 Å². The van der Waals surface area contributed by atoms with Crippen LogP contribution in [-0.2, 0) is 21.5 Å². The van der Waals surface area contributed by atoms with Crippen LogP contribution in [0.4, 0.5) is 18.0 Å². The van der Waals surface area contributed by atoms with Crippen molar-refractivity contribution in [3.63, 3.8) is 0 Å². The van der Waals surface area contributed by atoms with Gasteiger partial charge in [-0.1, -0.05) is 0 Å². The molecule has 3 aliphatic heterocycles. The number of imidazole rings is 1. The van der Waals surface area contributed by atoms with Crippen molar-refractivity contribution in [2.75, 3.05) is 32.8 Å². The van der Waals surface area contributed by atoms with E-state index in [0.29, 0.717) is 25.6 Å². The summed E-state index contributed by atoms with van der Waals surface area (Å²) in [4.78, 5) is 32.2. The van der Waals surface area contributed by atoms with Crippen LogP contribution in [0, 0.1) is 11.3 Å². The van der Waals surface area contributed by atoms with Gasteiger partial charge in [-0.25, -0.2) is 9.78 Å². The lowest BCUT2D eigenvalue weighted by Crippen LogP contribution is -2.68. The number of rotatable bonds is 3. The van der Waals surface area contributed by atoms with Gasteiger partial charge < -0.3 is 24.4 Å². The highest BCUT2D eigenvalue weighted by Crippen LogP contribution is 2.58. The van der Waals surface area contributed by atoms with E-state index in [9.17, 15) is 22.8 Å². The maximum absolute atomic E-state index is 13.3. The minimum atomic E-state index is -4.24. The molecule has 5 fully saturated rings. The Hall–Kier alpha value is -2.30. The molecule has 0 bridgehead atoms. The number of nitrogens with zero attached hydrogens (tertiary/aromatic N) is 4. The van der Waals surface area contributed by atoms with Crippen molar-refractivity contribution in [1.82, 2.24) is 24.7 Å². The first kappa shape index (κ1) is 21.2. The van der Waals surface area contributed by atoms with Gasteiger partial charge in [-0.2, -0.15) is 13.2 Å². The molecule has 8 nitrogen and oxygen atoms in total. The van der Waals surface area contributed by atoms with E-state index in [1.54, 1.807) is 15.7 Å². The van der Waals surface area contributed by atoms with E-state index in [1.165, 1.54) is 6.33 Å². The van der Waals surface area contributed by atoms with E-state index in [-0.39, 0.29) is 54.6 Å². The lowest BCUT2D eigenvalue weighted by Gasteiger charge is -2.60. The Morgan fingerprint density at radius 1 is 1.24 bits per heavy atom. The van der Waals surface area contributed by atoms with Crippen LogP contribution in [-0.4, -0.2) is 82.4 Å². The maximum Gasteiger partial charge on any atom is 0.400 e. The number of nitrogens with one attached hydrogen (secondary N) is 1. The monoisotopic (exact) mass is 467 g/mol. The van der Waals surface area contributed by atoms with Crippen LogP contribution < -0.4 is 5.32 Å². The molecule has 2 aliphatic carbocycles. The molecule has 2 saturated carbocycles. The van der Waals surface area contributed by atoms with Gasteiger partial charge in [-0.3, -0.25) is 4.79 Å². The second-order valence-corrected chi connectivity index (χ2v) is 10.7. The van der Waals surface area contributed by atoms with Crippen molar-refractivity contribution >= 4 is 11.9 Å². The van der Waals surface area contributed by atoms with Crippen LogP contribution in [0.2, 0.25) is 0 Å². The van der Waals surface area contributed by atoms with Gasteiger partial charge in [-0.15, -0.1) is 0 Å². The van der Waals surface area contributed by atoms with E-state index in [1.807, 2.05) is 4.90 Å². The van der Waals surface area contributed by atoms with E-state index in [0.717, 1.165) is 32.4 Å². The summed E-state index contributed by atoms with van der Waals surface area (Å²) >= 11 is 0. The van der Waals surface area contributed by atoms with Crippen molar-refractivity contribution in [2.24, 2.45) is 11.3 Å². The first-order chi connectivity index (χ1) is 15.7. The lowest BCUT2D eigenvalue weighted by molar-refractivity contribution is -0.161. The van der Waals surface area contributed by atoms with Crippen LogP contribution in [0.5, 0.6) is 0 Å². The predicted molar refractivity (Wildman–Crippen MR) is 109 cm³/mol. The number of hydrogen-bond donors (Lipinski definition) is 1. The average molecular weight is 467 g/mol. The van der Waals surface area contributed by atoms with Gasteiger partial charge in [0.25, 0.3) is 0 Å². The molecule has 1 N–H and O–H groups in total. The molecule has 5 aliphatic rings. The molecule has 2 atom stereocenters. The Bertz CT molecular complexity index is 961. The normalized spacial score (nSPS) is 30.3. The first-order valence-electron chi connectivity index (χ1n) is 11.7. The highest BCUT2D eigenvalue weighted by atomic mass is 19.4. The molecule has 1 aromatic heterocycles. The number of hydrogen-bond acceptors (Lipinski definition) is 4. The van der Waals surface area contributed by atoms with Gasteiger partial charge >= 0.3 is 12.2 Å². The molecular weight excluding hydrogens is 439 g/mol. The minimum Gasteiger partial charge on any atom is -0.366 e. The summed E-state index contributed by atoms with van der Waals surface area (Å²) < 4.78 is 47.3. The molecule has 0 radical (unpaired) electrons. The number of piperidine rings is 1. The maximum atomic E-state index is 13.3. The van der Waals surface area contributed by atoms with Gasteiger partial charge in [0, 0.05) is 44.3 Å². The van der Waals surface area contributed by atoms with Crippen molar-refractivity contribution in [3.05, 3.63) is 18.2 Å². The van der Waals surface area contributed by atoms with Gasteiger partial charge in [0.1, 0.15) is 12.0 Å². The summed E-state index contributed by atoms with van der Waals surface area (Å²) in [6.45, 7) is 3.32. The molecule has 11 heteroatoms. The number of ether oxygens (including phenoxy) is 1. The summed E-state index contributed by atoms with van der Waals surface area (Å²) in [5, 5.41) is 2.92. The zero-order valence-electron chi connectivity index (χ0n) is 18.3. The largest absolute Gasteiger partial charge is 0.400 e. The van der Waals surface area contributed by atoms with Crippen molar-refractivity contribution in [1.29, 1.82) is 0 Å². The SMILES string of the molecule is O=C1CO[C@H]2CCN(C(=O)N3CC4(CC(Cn5cnc(C6(C(F)(F)F)CC6)c5)C4)C3)C[C@H]2N1. The number of likely N-dealkylation sites (tertiary alicyclic amines) is 2. The molecule has 33 heavy (non-hydrogen) atoms. The van der Waals surface area contributed by atoms with Crippen LogP contribution in [0.15, 0.2) is 12.5 Å². The van der Waals surface area contributed by atoms with E-state index in [4.69, 9.17) is 4.74 Å². The van der Waals surface area contributed by atoms with Crippen molar-refractivity contribution in [3.8, 4) is 0 Å². The smallest absolute Gasteiger partial charge is 0.366 e. The van der Waals surface area contributed by atoms with E-state index >= 15 is 0 Å². The minimum absolute atomic E-state index is 0.0171. The molecule has 3 amide bonds. The molecule has 0 aromatic carbocycles. The fourth-order valence-electron chi connectivity index (χ4n) is 6.34. The predicted octanol–water partition coefficient (Wildman–Crippen LogP) is 1.90. The fraction of sp³-hybridized carbons (Fsp3) is 0.773. The number of carbonyl (C=O) groups excluding carboxylic acids is 2. The molecule has 1 spiro atoms. The van der Waals surface area contributed by atoms with Gasteiger partial charge in [0.05, 0.1) is 24.2 Å². The summed E-state index contributed by atoms with van der Waals surface area (Å²) in [6.07, 6.45) is 1.77. The summed E-state index contributed by atoms with van der Waals surface area (Å²) in [5.41, 5.74) is -1.43. The Kier molecular flexibility index (Phi) is 4.57. The zero-order chi connectivity index (χ0) is 23.0. The van der Waals surface area contributed by atoms with Crippen LogP contribution in [0.25, 0.3) is 0 Å². The average Bonchev–Trinajstić information content (AvgIpc) is 3.41. The molecule has 0 unspecified atom stereocenters. The van der Waals surface area contributed by atoms with E-state index in [2.05, 4.69) is 10.3 Å². The number of aromatic nitrogens is 2. The van der Waals surface area contributed by atoms with Gasteiger partial charge in [0.15, 0.2) is 0 Å². The molecule has 6 rings (SSSR count). The molecule has 1 aromatic rings. The molecule has 180 valence electrons. The number of urea groups is 1. The Balaban J connectivity index is 0.979. The quantitative estimate of drug-likeness (QED) is 0.737. The molecule has 3 saturated heterocycles. The summed E-state index contributed by atoms with van der Waals surface area (Å²) in [6, 6.07) is -0.122. The Morgan fingerprint density at radius 2 is 2.00 bits per heavy atom. The Morgan fingerprint density at radius 3 is 2.70 bits per heavy atom. The zero-order valence-corrected chi connectivity index (χ0v) is 18.3. The highest BCUT2D eigenvalue weighted by molar-refractivity contribution is 5.79. The first-order valence-corrected chi connectivity index (χ1v) is 11.7. The number of fused-ring (bicyclic) bond motifs is 1. The fourth-order valence-corrected chi connectivity index (χ4v) is 6.34. The standard InChI is InChI=1S/C22H28F3N5O3/c23-22(24,25)21(2-3-21)17-9-28(13-26-17)7-14-5-20(6-14)11-30(12-20)19(32)29-4-1-16-15(8-29)27-18(31)10-33-16/h9,13-16H,1-8,10-12H2,(H,27,31)/t15-,16+/m1/s1. The third-order valence-electron chi connectivity index (χ3n) is 8.25. The van der Waals surface area contributed by atoms with Crippen LogP contribution in [0.3, 0.4) is 0 Å². The third-order valence-corrected chi connectivity index (χ3v) is 8.25. The number of amides is 3. The summed E-state index contributed by atoms with van der Waals surface area (Å²) in [5.74, 6) is 0.264. The van der Waals surface area contributed by atoms with Crippen LogP contribution >= 0.6 is 0 Å². The number of alkyl halides is 3. The van der Waals surface area contributed by atoms with Crippen LogP contribution in [0.1, 0.15) is 37.8 Å². The summed E-state index contributed by atoms with van der Waals surface area (Å²) in [7, 11) is 0. The van der Waals surface area contributed by atoms with Gasteiger partial charge in [-0.05, 0) is 38.0 Å². The van der Waals surface area contributed by atoms with Crippen molar-refractivity contribution < 1.29 is 27.5 Å². The highest BCUT2D eigenvalue weighted by Gasteiger charge is 2.65. The number of morpholine rings is 1. The number of halogens is 3. The Labute approximate surface area is 189 Å². The molecular formula is C22H28F3N5O3. The lowest BCUT2D eigenvalue weighted by atomic mass is 9.58. The topological polar surface area (TPSA) is 79.7 Å². The van der Waals surface area contributed by atoms with E-state index < -0.39 is 11.6 Å². The van der Waals surface area contributed by atoms with Gasteiger partial charge in [0.2, 0.25) is 5.91 Å². The second-order valence-electron chi connectivity index (χ2n) is 10.7. The molecule has 4 heterocycles.